The van der Waals surface area contributed by atoms with E-state index in [1.165, 1.54) is 42.1 Å². The van der Waals surface area contributed by atoms with E-state index < -0.39 is 18.9 Å². The molecule has 35 heavy (non-hydrogen) atoms. The quantitative estimate of drug-likeness (QED) is 0.235. The average molecular weight is 514 g/mol. The van der Waals surface area contributed by atoms with Crippen LogP contribution in [0.15, 0.2) is 73.2 Å². The number of hydrogen-bond acceptors (Lipinski definition) is 9. The van der Waals surface area contributed by atoms with Gasteiger partial charge < -0.3 is 20.1 Å². The van der Waals surface area contributed by atoms with Crippen molar-refractivity contribution in [2.75, 3.05) is 5.32 Å². The Morgan fingerprint density at radius 1 is 0.943 bits per heavy atom. The van der Waals surface area contributed by atoms with Crippen molar-refractivity contribution < 1.29 is 23.6 Å². The average Bonchev–Trinajstić information content (AvgIpc) is 3.25. The minimum Gasteiger partial charge on any atom is -0.436 e. The molecule has 0 aliphatic rings. The van der Waals surface area contributed by atoms with Gasteiger partial charge in [-0.05, 0) is 41.9 Å². The van der Waals surface area contributed by atoms with Gasteiger partial charge in [0.05, 0.1) is 15.9 Å². The van der Waals surface area contributed by atoms with Gasteiger partial charge in [-0.25, -0.2) is 24.3 Å². The summed E-state index contributed by atoms with van der Waals surface area (Å²) in [6.45, 7) is 0. The fourth-order valence-corrected chi connectivity index (χ4v) is 3.79. The number of anilines is 2. The number of aromatic nitrogens is 4. The van der Waals surface area contributed by atoms with Gasteiger partial charge in [-0.1, -0.05) is 35.1 Å². The van der Waals surface area contributed by atoms with Gasteiger partial charge in [-0.15, -0.1) is 0 Å². The van der Waals surface area contributed by atoms with Crippen LogP contribution in [0.5, 0.6) is 11.6 Å². The van der Waals surface area contributed by atoms with E-state index in [0.717, 1.165) is 16.3 Å². The lowest BCUT2D eigenvalue weighted by molar-refractivity contribution is 0.425. The summed E-state index contributed by atoms with van der Waals surface area (Å²) in [5, 5.41) is 20.7. The van der Waals surface area contributed by atoms with Gasteiger partial charge in [0.15, 0.2) is 10.3 Å². The van der Waals surface area contributed by atoms with E-state index in [4.69, 9.17) is 26.4 Å². The number of nitrogens with one attached hydrogen (secondary N) is 1. The summed E-state index contributed by atoms with van der Waals surface area (Å²) in [6.07, 6.45) is 4.06. The highest BCUT2D eigenvalue weighted by atomic mass is 35.5. The minimum atomic E-state index is -1.63. The number of halogens is 3. The van der Waals surface area contributed by atoms with E-state index in [1.54, 1.807) is 12.1 Å². The molecule has 2 aromatic carbocycles. The number of thiazole rings is 1. The molecule has 0 unspecified atom stereocenters. The van der Waals surface area contributed by atoms with Crippen LogP contribution in [0.25, 0.3) is 10.2 Å². The van der Waals surface area contributed by atoms with Crippen LogP contribution in [0.4, 0.5) is 19.6 Å². The summed E-state index contributed by atoms with van der Waals surface area (Å²) in [6, 6.07) is 14.5. The SMILES string of the molecule is Fc1cc(Oc2nccnc2Cl)ccc1Nc1nc2ccccc2s1.OB(O)c1ccnc(F)c1. The number of hydrogen-bond donors (Lipinski definition) is 3. The van der Waals surface area contributed by atoms with Crippen molar-refractivity contribution >= 4 is 56.6 Å². The lowest BCUT2D eigenvalue weighted by atomic mass is 9.81. The summed E-state index contributed by atoms with van der Waals surface area (Å²) in [5.74, 6) is -0.799. The molecule has 0 saturated heterocycles. The summed E-state index contributed by atoms with van der Waals surface area (Å²) in [7, 11) is -1.63. The van der Waals surface area contributed by atoms with Gasteiger partial charge in [0.1, 0.15) is 11.6 Å². The number of pyridine rings is 1. The first-order chi connectivity index (χ1) is 16.9. The molecule has 8 nitrogen and oxygen atoms in total. The Balaban J connectivity index is 0.000000243. The summed E-state index contributed by atoms with van der Waals surface area (Å²) >= 11 is 7.33. The number of rotatable bonds is 5. The predicted molar refractivity (Wildman–Crippen MR) is 130 cm³/mol. The van der Waals surface area contributed by atoms with Gasteiger partial charge in [0, 0.05) is 24.7 Å². The van der Waals surface area contributed by atoms with Gasteiger partial charge in [0.2, 0.25) is 5.95 Å². The largest absolute Gasteiger partial charge is 0.488 e. The van der Waals surface area contributed by atoms with E-state index in [2.05, 4.69) is 25.3 Å². The van der Waals surface area contributed by atoms with Crippen molar-refractivity contribution in [2.45, 2.75) is 0 Å². The molecule has 0 bridgehead atoms. The maximum atomic E-state index is 14.4. The third-order valence-electron chi connectivity index (χ3n) is 4.36. The molecule has 0 amide bonds. The van der Waals surface area contributed by atoms with Crippen LogP contribution in [0.1, 0.15) is 0 Å². The summed E-state index contributed by atoms with van der Waals surface area (Å²) in [5.41, 5.74) is 1.27. The van der Waals surface area contributed by atoms with Crippen molar-refractivity contribution in [2.24, 2.45) is 0 Å². The zero-order valence-corrected chi connectivity index (χ0v) is 19.2. The van der Waals surface area contributed by atoms with E-state index in [-0.39, 0.29) is 22.2 Å². The van der Waals surface area contributed by atoms with Crippen LogP contribution in [0, 0.1) is 11.8 Å². The Morgan fingerprint density at radius 3 is 2.43 bits per heavy atom. The van der Waals surface area contributed by atoms with E-state index in [9.17, 15) is 8.78 Å². The molecule has 0 fully saturated rings. The third kappa shape index (κ3) is 6.46. The Hall–Kier alpha value is -3.71. The van der Waals surface area contributed by atoms with Gasteiger partial charge in [-0.3, -0.25) is 0 Å². The Kier molecular flexibility index (Phi) is 7.78. The lowest BCUT2D eigenvalue weighted by Gasteiger charge is -2.08. The van der Waals surface area contributed by atoms with Gasteiger partial charge in [0.25, 0.3) is 5.88 Å². The van der Waals surface area contributed by atoms with Crippen molar-refractivity contribution in [3.8, 4) is 11.6 Å². The molecule has 5 aromatic rings. The van der Waals surface area contributed by atoms with Crippen LogP contribution in [0.3, 0.4) is 0 Å². The molecule has 3 heterocycles. The van der Waals surface area contributed by atoms with Crippen LogP contribution in [-0.4, -0.2) is 37.1 Å². The molecule has 3 aromatic heterocycles. The zero-order valence-electron chi connectivity index (χ0n) is 17.6. The third-order valence-corrected chi connectivity index (χ3v) is 5.57. The molecular weight excluding hydrogens is 499 g/mol. The van der Waals surface area contributed by atoms with Crippen molar-refractivity contribution in [1.29, 1.82) is 0 Å². The number of benzene rings is 2. The first-order valence-corrected chi connectivity index (χ1v) is 11.1. The maximum absolute atomic E-state index is 14.4. The smallest absolute Gasteiger partial charge is 0.436 e. The Morgan fingerprint density at radius 2 is 1.74 bits per heavy atom. The monoisotopic (exact) mass is 513 g/mol. The Labute approximate surface area is 207 Å². The standard InChI is InChI=1S/C17H10ClFN4OS.C5H5BFNO2/c18-15-16(21-8-7-20-15)24-10-5-6-12(11(19)9-10)22-17-23-13-3-1-2-4-14(13)25-17;7-5-3-4(6(9)10)1-2-8-5/h1-9H,(H,22,23);1-3,9-10H. The minimum absolute atomic E-state index is 0.104. The molecule has 176 valence electrons. The number of fused-ring (bicyclic) bond motifs is 1. The van der Waals surface area contributed by atoms with Crippen LogP contribution < -0.4 is 15.5 Å². The van der Waals surface area contributed by atoms with Gasteiger partial charge in [-0.2, -0.15) is 4.39 Å². The van der Waals surface area contributed by atoms with Crippen LogP contribution >= 0.6 is 22.9 Å². The molecule has 0 aliphatic carbocycles. The zero-order chi connectivity index (χ0) is 24.8. The highest BCUT2D eigenvalue weighted by Crippen LogP contribution is 2.31. The molecule has 5 rings (SSSR count). The van der Waals surface area contributed by atoms with Crippen molar-refractivity contribution in [3.05, 3.63) is 90.1 Å². The Bertz CT molecular complexity index is 1430. The molecule has 0 spiro atoms. The normalized spacial score (nSPS) is 10.4. The lowest BCUT2D eigenvalue weighted by Crippen LogP contribution is -2.30. The second-order valence-corrected chi connectivity index (χ2v) is 8.18. The fraction of sp³-hybridized carbons (Fsp3) is 0. The molecule has 13 heteroatoms. The molecular formula is C22H15BClF2N5O3S. The van der Waals surface area contributed by atoms with Crippen LogP contribution in [0.2, 0.25) is 5.15 Å². The highest BCUT2D eigenvalue weighted by Gasteiger charge is 2.11. The first kappa shape index (κ1) is 24.4. The van der Waals surface area contributed by atoms with E-state index in [0.29, 0.717) is 10.8 Å². The van der Waals surface area contributed by atoms with Crippen molar-refractivity contribution in [3.63, 3.8) is 0 Å². The second-order valence-electron chi connectivity index (χ2n) is 6.79. The van der Waals surface area contributed by atoms with E-state index in [1.807, 2.05) is 24.3 Å². The number of para-hydroxylation sites is 1. The fourth-order valence-electron chi connectivity index (χ4n) is 2.77. The van der Waals surface area contributed by atoms with Crippen LogP contribution in [-0.2, 0) is 0 Å². The first-order valence-electron chi connectivity index (χ1n) is 9.93. The summed E-state index contributed by atoms with van der Waals surface area (Å²) in [4.78, 5) is 15.5. The molecule has 0 aliphatic heterocycles. The van der Waals surface area contributed by atoms with Gasteiger partial charge >= 0.3 is 7.12 Å². The topological polar surface area (TPSA) is 113 Å². The van der Waals surface area contributed by atoms with Crippen molar-refractivity contribution in [1.82, 2.24) is 19.9 Å². The molecule has 0 radical (unpaired) electrons. The molecule has 0 saturated carbocycles. The maximum Gasteiger partial charge on any atom is 0.488 e. The molecule has 0 atom stereocenters. The second kappa shape index (κ2) is 11.1. The predicted octanol–water partition coefficient (Wildman–Crippen LogP) is 4.32. The molecule has 3 N–H and O–H groups in total. The summed E-state index contributed by atoms with van der Waals surface area (Å²) < 4.78 is 33.0. The highest BCUT2D eigenvalue weighted by molar-refractivity contribution is 7.22. The number of ether oxygens (including phenoxy) is 1. The number of nitrogens with zero attached hydrogens (tertiary/aromatic N) is 4. The van der Waals surface area contributed by atoms with E-state index >= 15 is 0 Å².